The molecular weight excluding hydrogens is 322 g/mol. The number of aromatic nitrogens is 5. The zero-order valence-corrected chi connectivity index (χ0v) is 14.6. The minimum atomic E-state index is 0.675. The van der Waals surface area contributed by atoms with Crippen LogP contribution in [0.15, 0.2) is 67.1 Å². The van der Waals surface area contributed by atoms with Crippen molar-refractivity contribution in [3.05, 3.63) is 72.8 Å². The van der Waals surface area contributed by atoms with Crippen LogP contribution in [0, 0.1) is 6.92 Å². The van der Waals surface area contributed by atoms with E-state index < -0.39 is 0 Å². The SMILES string of the molecule is Cc1cccc(-c2nc3ncccn3c2-c2ccc3c(ccn3C)c2)n1. The first-order chi connectivity index (χ1) is 12.7. The summed E-state index contributed by atoms with van der Waals surface area (Å²) in [7, 11) is 2.06. The third kappa shape index (κ3) is 2.21. The van der Waals surface area contributed by atoms with Crippen molar-refractivity contribution in [1.82, 2.24) is 23.9 Å². The molecule has 0 atom stereocenters. The van der Waals surface area contributed by atoms with Crippen LogP contribution in [0.25, 0.3) is 39.3 Å². The number of pyridine rings is 1. The van der Waals surface area contributed by atoms with Crippen LogP contribution >= 0.6 is 0 Å². The Labute approximate surface area is 150 Å². The second kappa shape index (κ2) is 5.52. The van der Waals surface area contributed by atoms with Crippen LogP contribution in [0.4, 0.5) is 0 Å². The van der Waals surface area contributed by atoms with Crippen molar-refractivity contribution in [2.45, 2.75) is 6.92 Å². The van der Waals surface area contributed by atoms with Gasteiger partial charge in [0.05, 0.1) is 11.4 Å². The summed E-state index contributed by atoms with van der Waals surface area (Å²) in [4.78, 5) is 13.9. The van der Waals surface area contributed by atoms with Gasteiger partial charge in [0.15, 0.2) is 0 Å². The van der Waals surface area contributed by atoms with E-state index in [9.17, 15) is 0 Å². The fraction of sp³-hybridized carbons (Fsp3) is 0.0952. The Kier molecular flexibility index (Phi) is 3.15. The highest BCUT2D eigenvalue weighted by molar-refractivity contribution is 5.88. The first-order valence-corrected chi connectivity index (χ1v) is 8.53. The molecule has 0 fully saturated rings. The molecule has 0 bridgehead atoms. The van der Waals surface area contributed by atoms with Gasteiger partial charge >= 0.3 is 0 Å². The summed E-state index contributed by atoms with van der Waals surface area (Å²) < 4.78 is 4.15. The number of hydrogen-bond donors (Lipinski definition) is 0. The predicted molar refractivity (Wildman–Crippen MR) is 103 cm³/mol. The number of rotatable bonds is 2. The van der Waals surface area contributed by atoms with Gasteiger partial charge in [-0.05, 0) is 43.3 Å². The minimum absolute atomic E-state index is 0.675. The molecule has 1 aromatic carbocycles. The van der Waals surface area contributed by atoms with Crippen molar-refractivity contribution in [2.75, 3.05) is 0 Å². The van der Waals surface area contributed by atoms with Gasteiger partial charge in [-0.2, -0.15) is 0 Å². The summed E-state index contributed by atoms with van der Waals surface area (Å²) in [5.41, 5.74) is 5.99. The molecule has 4 aromatic heterocycles. The van der Waals surface area contributed by atoms with Crippen LogP contribution in [0.1, 0.15) is 5.69 Å². The summed E-state index contributed by atoms with van der Waals surface area (Å²) in [6, 6.07) is 16.5. The number of imidazole rings is 1. The Balaban J connectivity index is 1.83. The van der Waals surface area contributed by atoms with E-state index in [1.165, 1.54) is 10.9 Å². The third-order valence-electron chi connectivity index (χ3n) is 4.69. The molecule has 0 amide bonds. The highest BCUT2D eigenvalue weighted by Gasteiger charge is 2.18. The first-order valence-electron chi connectivity index (χ1n) is 8.53. The fourth-order valence-corrected chi connectivity index (χ4v) is 3.45. The van der Waals surface area contributed by atoms with Crippen molar-refractivity contribution in [3.63, 3.8) is 0 Å². The maximum absolute atomic E-state index is 4.77. The Morgan fingerprint density at radius 3 is 2.73 bits per heavy atom. The summed E-state index contributed by atoms with van der Waals surface area (Å²) in [5, 5.41) is 1.20. The third-order valence-corrected chi connectivity index (χ3v) is 4.69. The van der Waals surface area contributed by atoms with Gasteiger partial charge in [0.2, 0.25) is 5.78 Å². The molecule has 0 aliphatic rings. The predicted octanol–water partition coefficient (Wildman–Crippen LogP) is 4.26. The average Bonchev–Trinajstić information content (AvgIpc) is 3.22. The van der Waals surface area contributed by atoms with E-state index in [4.69, 9.17) is 4.98 Å². The number of hydrogen-bond acceptors (Lipinski definition) is 3. The lowest BCUT2D eigenvalue weighted by atomic mass is 10.1. The lowest BCUT2D eigenvalue weighted by Crippen LogP contribution is -1.92. The summed E-state index contributed by atoms with van der Waals surface area (Å²) in [6.45, 7) is 1.99. The van der Waals surface area contributed by atoms with Gasteiger partial charge < -0.3 is 4.57 Å². The summed E-state index contributed by atoms with van der Waals surface area (Å²) in [5.74, 6) is 0.675. The van der Waals surface area contributed by atoms with E-state index in [1.54, 1.807) is 6.20 Å². The second-order valence-electron chi connectivity index (χ2n) is 6.46. The maximum atomic E-state index is 4.77. The molecule has 5 nitrogen and oxygen atoms in total. The molecule has 0 N–H and O–H groups in total. The van der Waals surface area contributed by atoms with E-state index in [0.717, 1.165) is 28.3 Å². The molecular formula is C21H17N5. The zero-order chi connectivity index (χ0) is 17.7. The maximum Gasteiger partial charge on any atom is 0.234 e. The molecule has 0 spiro atoms. The first kappa shape index (κ1) is 14.8. The monoisotopic (exact) mass is 339 g/mol. The van der Waals surface area contributed by atoms with Crippen LogP contribution in [-0.4, -0.2) is 23.9 Å². The molecule has 0 radical (unpaired) electrons. The lowest BCUT2D eigenvalue weighted by Gasteiger charge is -2.07. The Hall–Kier alpha value is -3.47. The molecule has 0 unspecified atom stereocenters. The van der Waals surface area contributed by atoms with Crippen LogP contribution in [0.3, 0.4) is 0 Å². The minimum Gasteiger partial charge on any atom is -0.351 e. The molecule has 0 aliphatic carbocycles. The van der Waals surface area contributed by atoms with Crippen molar-refractivity contribution >= 4 is 16.7 Å². The van der Waals surface area contributed by atoms with Crippen LogP contribution in [-0.2, 0) is 7.05 Å². The van der Waals surface area contributed by atoms with E-state index in [1.807, 2.05) is 41.8 Å². The number of benzene rings is 1. The molecule has 4 heterocycles. The smallest absolute Gasteiger partial charge is 0.234 e. The Morgan fingerprint density at radius 2 is 1.85 bits per heavy atom. The van der Waals surface area contributed by atoms with E-state index in [0.29, 0.717) is 5.78 Å². The van der Waals surface area contributed by atoms with Gasteiger partial charge in [-0.1, -0.05) is 12.1 Å². The molecule has 26 heavy (non-hydrogen) atoms. The zero-order valence-electron chi connectivity index (χ0n) is 14.6. The largest absolute Gasteiger partial charge is 0.351 e. The second-order valence-corrected chi connectivity index (χ2v) is 6.46. The van der Waals surface area contributed by atoms with Gasteiger partial charge in [0, 0.05) is 47.8 Å². The quantitative estimate of drug-likeness (QED) is 0.483. The number of nitrogens with zero attached hydrogens (tertiary/aromatic N) is 5. The van der Waals surface area contributed by atoms with Crippen LogP contribution in [0.5, 0.6) is 0 Å². The highest BCUT2D eigenvalue weighted by Crippen LogP contribution is 2.33. The summed E-state index contributed by atoms with van der Waals surface area (Å²) in [6.07, 6.45) is 5.84. The average molecular weight is 339 g/mol. The van der Waals surface area contributed by atoms with E-state index in [2.05, 4.69) is 52.0 Å². The van der Waals surface area contributed by atoms with Crippen molar-refractivity contribution in [2.24, 2.45) is 7.05 Å². The number of aryl methyl sites for hydroxylation is 2. The van der Waals surface area contributed by atoms with Crippen molar-refractivity contribution in [1.29, 1.82) is 0 Å². The van der Waals surface area contributed by atoms with Crippen molar-refractivity contribution in [3.8, 4) is 22.6 Å². The standard InChI is InChI=1S/C21H17N5/c1-14-5-3-6-17(23-14)19-20(26-11-4-10-22-21(26)24-19)16-7-8-18-15(13-16)9-12-25(18)2/h3-13H,1-2H3. The fourth-order valence-electron chi connectivity index (χ4n) is 3.45. The molecule has 5 rings (SSSR count). The summed E-state index contributed by atoms with van der Waals surface area (Å²) >= 11 is 0. The Bertz CT molecular complexity index is 1260. The molecule has 0 saturated heterocycles. The normalized spacial score (nSPS) is 11.5. The van der Waals surface area contributed by atoms with E-state index in [-0.39, 0.29) is 0 Å². The van der Waals surface area contributed by atoms with Crippen LogP contribution < -0.4 is 0 Å². The van der Waals surface area contributed by atoms with Crippen molar-refractivity contribution < 1.29 is 0 Å². The van der Waals surface area contributed by atoms with Gasteiger partial charge in [0.25, 0.3) is 0 Å². The molecule has 5 heteroatoms. The van der Waals surface area contributed by atoms with Gasteiger partial charge in [-0.3, -0.25) is 9.38 Å². The lowest BCUT2D eigenvalue weighted by molar-refractivity contribution is 0.969. The van der Waals surface area contributed by atoms with Crippen LogP contribution in [0.2, 0.25) is 0 Å². The highest BCUT2D eigenvalue weighted by atomic mass is 15.1. The topological polar surface area (TPSA) is 48.0 Å². The Morgan fingerprint density at radius 1 is 0.923 bits per heavy atom. The number of fused-ring (bicyclic) bond motifs is 2. The molecule has 5 aromatic rings. The molecule has 126 valence electrons. The molecule has 0 saturated carbocycles. The van der Waals surface area contributed by atoms with Gasteiger partial charge in [-0.15, -0.1) is 0 Å². The van der Waals surface area contributed by atoms with Gasteiger partial charge in [0.1, 0.15) is 5.69 Å². The molecule has 0 aliphatic heterocycles. The van der Waals surface area contributed by atoms with E-state index >= 15 is 0 Å². The van der Waals surface area contributed by atoms with Gasteiger partial charge in [-0.25, -0.2) is 9.97 Å².